The van der Waals surface area contributed by atoms with Gasteiger partial charge in [0.05, 0.1) is 16.3 Å². The maximum Gasteiger partial charge on any atom is 0.154 e. The van der Waals surface area contributed by atoms with E-state index in [1.54, 1.807) is 6.92 Å². The smallest absolute Gasteiger partial charge is 0.154 e. The third kappa shape index (κ3) is 2.79. The summed E-state index contributed by atoms with van der Waals surface area (Å²) >= 11 is 6.25. The van der Waals surface area contributed by atoms with Crippen LogP contribution in [0.1, 0.15) is 32.4 Å². The summed E-state index contributed by atoms with van der Waals surface area (Å²) in [5, 5.41) is 1.59. The highest BCUT2D eigenvalue weighted by Crippen LogP contribution is 2.31. The lowest BCUT2D eigenvalue weighted by Gasteiger charge is -2.09. The van der Waals surface area contributed by atoms with Gasteiger partial charge in [-0.2, -0.15) is 0 Å². The second kappa shape index (κ2) is 5.17. The van der Waals surface area contributed by atoms with E-state index in [4.69, 9.17) is 11.6 Å². The third-order valence-corrected chi connectivity index (χ3v) is 5.19. The van der Waals surface area contributed by atoms with Crippen LogP contribution in [-0.2, 0) is 15.6 Å². The van der Waals surface area contributed by atoms with Gasteiger partial charge in [-0.3, -0.25) is 0 Å². The van der Waals surface area contributed by atoms with Crippen molar-refractivity contribution in [3.63, 3.8) is 0 Å². The van der Waals surface area contributed by atoms with Crippen LogP contribution in [0.2, 0.25) is 5.02 Å². The molecule has 0 saturated carbocycles. The molecule has 0 spiro atoms. The Morgan fingerprint density at radius 3 is 2.58 bits per heavy atom. The van der Waals surface area contributed by atoms with Gasteiger partial charge in [0.25, 0.3) is 0 Å². The van der Waals surface area contributed by atoms with E-state index in [1.165, 1.54) is 0 Å². The van der Waals surface area contributed by atoms with Gasteiger partial charge in [-0.05, 0) is 25.5 Å². The zero-order valence-corrected chi connectivity index (χ0v) is 12.9. The van der Waals surface area contributed by atoms with Gasteiger partial charge in [0, 0.05) is 23.4 Å². The van der Waals surface area contributed by atoms with Crippen LogP contribution in [0.4, 0.5) is 0 Å². The number of halogens is 1. The van der Waals surface area contributed by atoms with E-state index in [1.807, 2.05) is 29.0 Å². The SMILES string of the molecule is CCS(=O)(=O)Cc1cn(C(C)C)c2c(Cl)cccc12. The number of sulfone groups is 1. The third-order valence-electron chi connectivity index (χ3n) is 3.26. The van der Waals surface area contributed by atoms with Gasteiger partial charge in [0.15, 0.2) is 9.84 Å². The van der Waals surface area contributed by atoms with E-state index >= 15 is 0 Å². The number of benzene rings is 1. The number of para-hydroxylation sites is 1. The molecule has 0 bridgehead atoms. The van der Waals surface area contributed by atoms with E-state index in [0.29, 0.717) is 5.02 Å². The molecule has 2 rings (SSSR count). The van der Waals surface area contributed by atoms with Crippen LogP contribution in [0.3, 0.4) is 0 Å². The van der Waals surface area contributed by atoms with Crippen LogP contribution in [-0.4, -0.2) is 18.7 Å². The van der Waals surface area contributed by atoms with Crippen molar-refractivity contribution in [3.05, 3.63) is 35.0 Å². The van der Waals surface area contributed by atoms with E-state index in [-0.39, 0.29) is 17.5 Å². The predicted octanol–water partition coefficient (Wildman–Crippen LogP) is 3.81. The van der Waals surface area contributed by atoms with Gasteiger partial charge in [-0.1, -0.05) is 30.7 Å². The molecule has 0 saturated heterocycles. The summed E-state index contributed by atoms with van der Waals surface area (Å²) in [6.45, 7) is 5.78. The fourth-order valence-electron chi connectivity index (χ4n) is 2.20. The molecular weight excluding hydrogens is 282 g/mol. The number of nitrogens with zero attached hydrogens (tertiary/aromatic N) is 1. The average Bonchev–Trinajstić information content (AvgIpc) is 2.69. The summed E-state index contributed by atoms with van der Waals surface area (Å²) in [5.74, 6) is 0.224. The lowest BCUT2D eigenvalue weighted by Crippen LogP contribution is -2.06. The van der Waals surface area contributed by atoms with Gasteiger partial charge in [-0.25, -0.2) is 8.42 Å². The molecule has 0 aliphatic carbocycles. The van der Waals surface area contributed by atoms with Crippen molar-refractivity contribution in [1.82, 2.24) is 4.57 Å². The zero-order valence-electron chi connectivity index (χ0n) is 11.4. The average molecular weight is 300 g/mol. The number of hydrogen-bond acceptors (Lipinski definition) is 2. The van der Waals surface area contributed by atoms with E-state index in [9.17, 15) is 8.42 Å². The minimum absolute atomic E-state index is 0.0695. The van der Waals surface area contributed by atoms with Crippen LogP contribution in [0.5, 0.6) is 0 Å². The summed E-state index contributed by atoms with van der Waals surface area (Å²) in [6.07, 6.45) is 1.91. The van der Waals surface area contributed by atoms with Gasteiger partial charge in [-0.15, -0.1) is 0 Å². The van der Waals surface area contributed by atoms with Gasteiger partial charge < -0.3 is 4.57 Å². The maximum absolute atomic E-state index is 11.8. The molecule has 0 radical (unpaired) electrons. The molecule has 0 fully saturated rings. The Morgan fingerprint density at radius 1 is 1.32 bits per heavy atom. The first kappa shape index (κ1) is 14.4. The van der Waals surface area contributed by atoms with Crippen molar-refractivity contribution in [2.45, 2.75) is 32.6 Å². The highest BCUT2D eigenvalue weighted by Gasteiger charge is 2.17. The second-order valence-electron chi connectivity index (χ2n) is 4.97. The Morgan fingerprint density at radius 2 is 2.00 bits per heavy atom. The number of aromatic nitrogens is 1. The molecular formula is C14H18ClNO2S. The van der Waals surface area contributed by atoms with Crippen LogP contribution >= 0.6 is 11.6 Å². The Hall–Kier alpha value is -1.00. The first-order valence-corrected chi connectivity index (χ1v) is 8.54. The van der Waals surface area contributed by atoms with Crippen molar-refractivity contribution in [1.29, 1.82) is 0 Å². The number of rotatable bonds is 4. The molecule has 104 valence electrons. The standard InChI is InChI=1S/C14H18ClNO2S/c1-4-19(17,18)9-11-8-16(10(2)3)14-12(11)6-5-7-13(14)15/h5-8,10H,4,9H2,1-3H3. The molecule has 0 amide bonds. The van der Waals surface area contributed by atoms with Crippen molar-refractivity contribution in [2.24, 2.45) is 0 Å². The summed E-state index contributed by atoms with van der Waals surface area (Å²) in [4.78, 5) is 0. The minimum atomic E-state index is -3.05. The summed E-state index contributed by atoms with van der Waals surface area (Å²) in [5.41, 5.74) is 1.74. The molecule has 0 aliphatic rings. The van der Waals surface area contributed by atoms with Crippen LogP contribution in [0.25, 0.3) is 10.9 Å². The predicted molar refractivity (Wildman–Crippen MR) is 80.5 cm³/mol. The molecule has 0 unspecified atom stereocenters. The monoisotopic (exact) mass is 299 g/mol. The highest BCUT2D eigenvalue weighted by molar-refractivity contribution is 7.90. The number of fused-ring (bicyclic) bond motifs is 1. The largest absolute Gasteiger partial charge is 0.343 e. The zero-order chi connectivity index (χ0) is 14.2. The van der Waals surface area contributed by atoms with Crippen molar-refractivity contribution in [2.75, 3.05) is 5.75 Å². The Labute approximate surface area is 119 Å². The molecule has 1 aromatic carbocycles. The second-order valence-corrected chi connectivity index (χ2v) is 7.73. The molecule has 19 heavy (non-hydrogen) atoms. The van der Waals surface area contributed by atoms with Crippen LogP contribution < -0.4 is 0 Å². The van der Waals surface area contributed by atoms with E-state index < -0.39 is 9.84 Å². The number of hydrogen-bond donors (Lipinski definition) is 0. The van der Waals surface area contributed by atoms with E-state index in [0.717, 1.165) is 16.5 Å². The Kier molecular flexibility index (Phi) is 3.92. The summed E-state index contributed by atoms with van der Waals surface area (Å²) < 4.78 is 25.7. The van der Waals surface area contributed by atoms with Crippen molar-refractivity contribution >= 4 is 32.3 Å². The Bertz CT molecular complexity index is 702. The van der Waals surface area contributed by atoms with Crippen LogP contribution in [0, 0.1) is 0 Å². The molecule has 1 aromatic heterocycles. The fraction of sp³-hybridized carbons (Fsp3) is 0.429. The van der Waals surface area contributed by atoms with Gasteiger partial charge >= 0.3 is 0 Å². The van der Waals surface area contributed by atoms with E-state index in [2.05, 4.69) is 13.8 Å². The van der Waals surface area contributed by atoms with Gasteiger partial charge in [0.2, 0.25) is 0 Å². The summed E-state index contributed by atoms with van der Waals surface area (Å²) in [7, 11) is -3.05. The van der Waals surface area contributed by atoms with Crippen LogP contribution in [0.15, 0.2) is 24.4 Å². The minimum Gasteiger partial charge on any atom is -0.343 e. The summed E-state index contributed by atoms with van der Waals surface area (Å²) in [6, 6.07) is 5.86. The normalized spacial score (nSPS) is 12.5. The first-order chi connectivity index (χ1) is 8.85. The molecule has 0 atom stereocenters. The maximum atomic E-state index is 11.8. The molecule has 5 heteroatoms. The lowest BCUT2D eigenvalue weighted by molar-refractivity contribution is 0.595. The molecule has 1 heterocycles. The van der Waals surface area contributed by atoms with Crippen molar-refractivity contribution in [3.8, 4) is 0 Å². The Balaban J connectivity index is 2.67. The molecule has 2 aromatic rings. The molecule has 0 aliphatic heterocycles. The van der Waals surface area contributed by atoms with Gasteiger partial charge in [0.1, 0.15) is 0 Å². The van der Waals surface area contributed by atoms with Crippen molar-refractivity contribution < 1.29 is 8.42 Å². The topological polar surface area (TPSA) is 39.1 Å². The first-order valence-electron chi connectivity index (χ1n) is 6.34. The quantitative estimate of drug-likeness (QED) is 0.861. The lowest BCUT2D eigenvalue weighted by atomic mass is 10.2. The fourth-order valence-corrected chi connectivity index (χ4v) is 3.38. The highest BCUT2D eigenvalue weighted by atomic mass is 35.5. The molecule has 0 N–H and O–H groups in total. The molecule has 3 nitrogen and oxygen atoms in total.